The van der Waals surface area contributed by atoms with Crippen molar-refractivity contribution >= 4 is 35.1 Å². The summed E-state index contributed by atoms with van der Waals surface area (Å²) in [7, 11) is 0. The lowest BCUT2D eigenvalue weighted by atomic mass is 10.3. The number of rotatable bonds is 4. The number of hydrogen-bond donors (Lipinski definition) is 2. The molecule has 0 saturated carbocycles. The third-order valence-electron chi connectivity index (χ3n) is 2.65. The van der Waals surface area contributed by atoms with E-state index in [1.54, 1.807) is 25.1 Å². The Labute approximate surface area is 129 Å². The van der Waals surface area contributed by atoms with E-state index in [1.807, 2.05) is 0 Å². The topological polar surface area (TPSA) is 97.1 Å². The number of nitrogens with one attached hydrogen (secondary N) is 1. The summed E-state index contributed by atoms with van der Waals surface area (Å²) < 4.78 is 1.38. The molecule has 2 aromatic rings. The summed E-state index contributed by atoms with van der Waals surface area (Å²) in [5, 5.41) is 19.2. The van der Waals surface area contributed by atoms with Crippen LogP contribution in [0, 0.1) is 6.92 Å². The molecule has 0 bridgehead atoms. The molecule has 2 rings (SSSR count). The predicted molar refractivity (Wildman–Crippen MR) is 76.1 cm³/mol. The van der Waals surface area contributed by atoms with Gasteiger partial charge < -0.3 is 10.4 Å². The van der Waals surface area contributed by atoms with Crippen LogP contribution in [-0.2, 0) is 4.79 Å². The number of nitrogens with zero attached hydrogens (tertiary/aromatic N) is 3. The van der Waals surface area contributed by atoms with E-state index in [2.05, 4.69) is 15.6 Å². The maximum Gasteiger partial charge on any atom is 0.322 e. The first kappa shape index (κ1) is 15.3. The van der Waals surface area contributed by atoms with Gasteiger partial charge in [-0.05, 0) is 25.1 Å². The summed E-state index contributed by atoms with van der Waals surface area (Å²) in [4.78, 5) is 22.2. The highest BCUT2D eigenvalue weighted by Gasteiger charge is 2.18. The summed E-state index contributed by atoms with van der Waals surface area (Å²) in [5.41, 5.74) is 0.979. The molecular formula is C12H10Cl2N4O3. The van der Waals surface area contributed by atoms with E-state index in [-0.39, 0.29) is 5.69 Å². The third kappa shape index (κ3) is 3.32. The molecule has 2 N–H and O–H groups in total. The van der Waals surface area contributed by atoms with Crippen molar-refractivity contribution in [3.05, 3.63) is 39.6 Å². The molecule has 7 nitrogen and oxygen atoms in total. The first-order valence-electron chi connectivity index (χ1n) is 5.78. The Morgan fingerprint density at radius 1 is 1.38 bits per heavy atom. The lowest BCUT2D eigenvalue weighted by Crippen LogP contribution is -2.30. The average molecular weight is 329 g/mol. The van der Waals surface area contributed by atoms with Crippen molar-refractivity contribution < 1.29 is 14.7 Å². The molecule has 9 heteroatoms. The van der Waals surface area contributed by atoms with E-state index in [1.165, 1.54) is 4.68 Å². The monoisotopic (exact) mass is 328 g/mol. The Morgan fingerprint density at radius 2 is 2.10 bits per heavy atom. The molecule has 0 atom stereocenters. The van der Waals surface area contributed by atoms with Gasteiger partial charge in [0, 0.05) is 5.02 Å². The summed E-state index contributed by atoms with van der Waals surface area (Å²) in [6.07, 6.45) is 0. The largest absolute Gasteiger partial charge is 0.480 e. The van der Waals surface area contributed by atoms with Gasteiger partial charge in [-0.15, -0.1) is 5.10 Å². The molecule has 21 heavy (non-hydrogen) atoms. The molecule has 0 aliphatic heterocycles. The zero-order chi connectivity index (χ0) is 15.6. The smallest absolute Gasteiger partial charge is 0.322 e. The molecular weight excluding hydrogens is 319 g/mol. The van der Waals surface area contributed by atoms with E-state index in [0.717, 1.165) is 0 Å². The Bertz CT molecular complexity index is 715. The number of carbonyl (C=O) groups is 2. The maximum absolute atomic E-state index is 11.8. The number of halogens is 2. The lowest BCUT2D eigenvalue weighted by molar-refractivity contribution is -0.135. The summed E-state index contributed by atoms with van der Waals surface area (Å²) >= 11 is 11.9. The molecule has 1 aromatic carbocycles. The number of carboxylic acids is 1. The SMILES string of the molecule is Cc1c(C(=O)NCC(=O)O)nnn1-c1ccc(Cl)cc1Cl. The Balaban J connectivity index is 2.32. The van der Waals surface area contributed by atoms with Crippen molar-refractivity contribution in [3.8, 4) is 5.69 Å². The van der Waals surface area contributed by atoms with E-state index in [9.17, 15) is 9.59 Å². The van der Waals surface area contributed by atoms with Crippen molar-refractivity contribution in [2.75, 3.05) is 6.54 Å². The normalized spacial score (nSPS) is 10.4. The van der Waals surface area contributed by atoms with Gasteiger partial charge >= 0.3 is 5.97 Å². The van der Waals surface area contributed by atoms with E-state index in [4.69, 9.17) is 28.3 Å². The number of amides is 1. The van der Waals surface area contributed by atoms with Crippen LogP contribution < -0.4 is 5.32 Å². The number of carboxylic acid groups (broad SMARTS) is 1. The first-order chi connectivity index (χ1) is 9.90. The van der Waals surface area contributed by atoms with Crippen LogP contribution in [0.25, 0.3) is 5.69 Å². The van der Waals surface area contributed by atoms with Crippen molar-refractivity contribution in [3.63, 3.8) is 0 Å². The van der Waals surface area contributed by atoms with Gasteiger partial charge in [0.15, 0.2) is 5.69 Å². The minimum Gasteiger partial charge on any atom is -0.480 e. The maximum atomic E-state index is 11.8. The molecule has 0 saturated heterocycles. The molecule has 0 fully saturated rings. The standard InChI is InChI=1S/C12H10Cl2N4O3/c1-6-11(12(21)15-5-10(19)20)16-17-18(6)9-3-2-7(13)4-8(9)14/h2-4H,5H2,1H3,(H,15,21)(H,19,20). The number of aliphatic carboxylic acids is 1. The highest BCUT2D eigenvalue weighted by Crippen LogP contribution is 2.25. The van der Waals surface area contributed by atoms with Gasteiger partial charge in [0.25, 0.3) is 5.91 Å². The van der Waals surface area contributed by atoms with E-state index >= 15 is 0 Å². The molecule has 0 aliphatic rings. The second kappa shape index (κ2) is 6.11. The second-order valence-electron chi connectivity index (χ2n) is 4.11. The van der Waals surface area contributed by atoms with Gasteiger partial charge in [-0.25, -0.2) is 4.68 Å². The summed E-state index contributed by atoms with van der Waals surface area (Å²) in [6.45, 7) is 1.13. The van der Waals surface area contributed by atoms with Crippen LogP contribution in [0.1, 0.15) is 16.2 Å². The lowest BCUT2D eigenvalue weighted by Gasteiger charge is -2.06. The van der Waals surface area contributed by atoms with Crippen LogP contribution in [0.4, 0.5) is 0 Å². The molecule has 1 aromatic heterocycles. The highest BCUT2D eigenvalue weighted by atomic mass is 35.5. The van der Waals surface area contributed by atoms with Crippen LogP contribution in [0.2, 0.25) is 10.0 Å². The van der Waals surface area contributed by atoms with Gasteiger partial charge in [-0.1, -0.05) is 28.4 Å². The van der Waals surface area contributed by atoms with Crippen molar-refractivity contribution in [2.24, 2.45) is 0 Å². The molecule has 0 aliphatic carbocycles. The van der Waals surface area contributed by atoms with E-state index < -0.39 is 18.4 Å². The number of carbonyl (C=O) groups excluding carboxylic acids is 1. The van der Waals surface area contributed by atoms with Crippen LogP contribution in [-0.4, -0.2) is 38.5 Å². The number of aromatic nitrogens is 3. The third-order valence-corrected chi connectivity index (χ3v) is 3.19. The number of benzene rings is 1. The number of hydrogen-bond acceptors (Lipinski definition) is 4. The minimum absolute atomic E-state index is 0.0299. The Hall–Kier alpha value is -2.12. The molecule has 0 spiro atoms. The molecule has 1 heterocycles. The minimum atomic E-state index is -1.14. The molecule has 0 unspecified atom stereocenters. The van der Waals surface area contributed by atoms with Crippen LogP contribution >= 0.6 is 23.2 Å². The molecule has 1 amide bonds. The zero-order valence-electron chi connectivity index (χ0n) is 10.8. The fourth-order valence-electron chi connectivity index (χ4n) is 1.66. The van der Waals surface area contributed by atoms with Gasteiger partial charge in [0.2, 0.25) is 0 Å². The highest BCUT2D eigenvalue weighted by molar-refractivity contribution is 6.35. The quantitative estimate of drug-likeness (QED) is 0.890. The van der Waals surface area contributed by atoms with Gasteiger partial charge in [-0.2, -0.15) is 0 Å². The van der Waals surface area contributed by atoms with Crippen molar-refractivity contribution in [2.45, 2.75) is 6.92 Å². The fraction of sp³-hybridized carbons (Fsp3) is 0.167. The van der Waals surface area contributed by atoms with Crippen molar-refractivity contribution in [1.29, 1.82) is 0 Å². The van der Waals surface area contributed by atoms with Crippen LogP contribution in [0.3, 0.4) is 0 Å². The predicted octanol–water partition coefficient (Wildman–Crippen LogP) is 1.70. The molecule has 110 valence electrons. The summed E-state index contributed by atoms with van der Waals surface area (Å²) in [6, 6.07) is 4.82. The summed E-state index contributed by atoms with van der Waals surface area (Å²) in [5.74, 6) is -1.76. The van der Waals surface area contributed by atoms with E-state index in [0.29, 0.717) is 21.4 Å². The van der Waals surface area contributed by atoms with Gasteiger partial charge in [-0.3, -0.25) is 9.59 Å². The van der Waals surface area contributed by atoms with Crippen molar-refractivity contribution in [1.82, 2.24) is 20.3 Å². The Morgan fingerprint density at radius 3 is 2.71 bits per heavy atom. The van der Waals surface area contributed by atoms with Crippen LogP contribution in [0.15, 0.2) is 18.2 Å². The van der Waals surface area contributed by atoms with Gasteiger partial charge in [0.05, 0.1) is 16.4 Å². The average Bonchev–Trinajstić information content (AvgIpc) is 2.78. The first-order valence-corrected chi connectivity index (χ1v) is 6.53. The fourth-order valence-corrected chi connectivity index (χ4v) is 2.15. The molecule has 0 radical (unpaired) electrons. The second-order valence-corrected chi connectivity index (χ2v) is 4.95. The van der Waals surface area contributed by atoms with Gasteiger partial charge in [0.1, 0.15) is 6.54 Å². The zero-order valence-corrected chi connectivity index (χ0v) is 12.3. The van der Waals surface area contributed by atoms with Crippen LogP contribution in [0.5, 0.6) is 0 Å². The Kier molecular flexibility index (Phi) is 4.44.